The maximum absolute atomic E-state index is 13.7. The van der Waals surface area contributed by atoms with E-state index in [0.717, 1.165) is 0 Å². The van der Waals surface area contributed by atoms with Crippen LogP contribution in [0, 0.1) is 11.7 Å². The summed E-state index contributed by atoms with van der Waals surface area (Å²) in [6, 6.07) is 2.95. The van der Waals surface area contributed by atoms with Crippen molar-refractivity contribution in [2.24, 2.45) is 5.92 Å². The van der Waals surface area contributed by atoms with Crippen LogP contribution in [0.3, 0.4) is 0 Å². The van der Waals surface area contributed by atoms with Gasteiger partial charge in [0.05, 0.1) is 5.02 Å². The van der Waals surface area contributed by atoms with Crippen molar-refractivity contribution in [2.45, 2.75) is 20.8 Å². The van der Waals surface area contributed by atoms with Crippen LogP contribution >= 0.6 is 11.6 Å². The van der Waals surface area contributed by atoms with Gasteiger partial charge in [-0.15, -0.1) is 0 Å². The summed E-state index contributed by atoms with van der Waals surface area (Å²) in [4.78, 5) is 11.3. The number of hydrogen-bond acceptors (Lipinski definition) is 1. The number of hydrogen-bond donors (Lipinski definition) is 0. The van der Waals surface area contributed by atoms with Gasteiger partial charge in [-0.05, 0) is 25.0 Å². The van der Waals surface area contributed by atoms with Crippen molar-refractivity contribution < 1.29 is 9.18 Å². The van der Waals surface area contributed by atoms with Gasteiger partial charge in [0.25, 0.3) is 0 Å². The van der Waals surface area contributed by atoms with Crippen LogP contribution in [0.2, 0.25) is 5.02 Å². The molecule has 0 bridgehead atoms. The summed E-state index contributed by atoms with van der Waals surface area (Å²) in [7, 11) is 0. The second-order valence-electron chi connectivity index (χ2n) is 3.98. The first-order valence-electron chi connectivity index (χ1n) is 5.10. The quantitative estimate of drug-likeness (QED) is 0.718. The topological polar surface area (TPSA) is 17.1 Å². The third kappa shape index (κ3) is 2.92. The van der Waals surface area contributed by atoms with E-state index in [1.165, 1.54) is 13.0 Å². The highest BCUT2D eigenvalue weighted by atomic mass is 35.5. The Kier molecular flexibility index (Phi) is 4.25. The number of benzene rings is 1. The van der Waals surface area contributed by atoms with Crippen LogP contribution in [0.5, 0.6) is 0 Å². The summed E-state index contributed by atoms with van der Waals surface area (Å²) in [6.45, 7) is 5.37. The van der Waals surface area contributed by atoms with Crippen LogP contribution in [-0.4, -0.2) is 5.78 Å². The van der Waals surface area contributed by atoms with Crippen molar-refractivity contribution >= 4 is 23.5 Å². The molecule has 0 unspecified atom stereocenters. The molecule has 0 amide bonds. The molecule has 0 aliphatic heterocycles. The number of halogens is 2. The lowest BCUT2D eigenvalue weighted by atomic mass is 10.0. The van der Waals surface area contributed by atoms with Crippen molar-refractivity contribution in [3.63, 3.8) is 0 Å². The largest absolute Gasteiger partial charge is 0.294 e. The van der Waals surface area contributed by atoms with E-state index < -0.39 is 5.82 Å². The molecule has 16 heavy (non-hydrogen) atoms. The van der Waals surface area contributed by atoms with Crippen LogP contribution in [-0.2, 0) is 0 Å². The normalized spacial score (nSPS) is 11.4. The number of carbonyl (C=O) groups excluding carboxylic acids is 1. The summed E-state index contributed by atoms with van der Waals surface area (Å²) in [5, 5.41) is 0.0356. The van der Waals surface area contributed by atoms with Gasteiger partial charge in [0.2, 0.25) is 0 Å². The van der Waals surface area contributed by atoms with Gasteiger partial charge in [0.1, 0.15) is 5.82 Å². The van der Waals surface area contributed by atoms with Crippen LogP contribution in [0.25, 0.3) is 6.08 Å². The Bertz CT molecular complexity index is 436. The smallest absolute Gasteiger partial charge is 0.160 e. The van der Waals surface area contributed by atoms with Gasteiger partial charge in [-0.25, -0.2) is 4.39 Å². The van der Waals surface area contributed by atoms with Crippen molar-refractivity contribution in [3.05, 3.63) is 40.2 Å². The van der Waals surface area contributed by atoms with E-state index in [4.69, 9.17) is 11.6 Å². The fourth-order valence-electron chi connectivity index (χ4n) is 1.32. The summed E-state index contributed by atoms with van der Waals surface area (Å²) in [5.41, 5.74) is 0.632. The predicted molar refractivity (Wildman–Crippen MR) is 65.3 cm³/mol. The number of carbonyl (C=O) groups is 1. The molecule has 0 aromatic heterocycles. The number of allylic oxidation sites excluding steroid dienone is 1. The highest BCUT2D eigenvalue weighted by molar-refractivity contribution is 6.31. The standard InChI is InChI=1S/C13H14ClFO/c1-8(2)4-5-11-10(9(3)16)6-7-12(14)13(11)15/h4-8H,1-3H3/b5-4+. The Morgan fingerprint density at radius 3 is 2.56 bits per heavy atom. The minimum absolute atomic E-state index is 0.0356. The maximum Gasteiger partial charge on any atom is 0.160 e. The monoisotopic (exact) mass is 240 g/mol. The Morgan fingerprint density at radius 2 is 2.06 bits per heavy atom. The second-order valence-corrected chi connectivity index (χ2v) is 4.39. The van der Waals surface area contributed by atoms with E-state index >= 15 is 0 Å². The molecule has 0 spiro atoms. The zero-order valence-corrected chi connectivity index (χ0v) is 10.3. The Balaban J connectivity index is 3.32. The highest BCUT2D eigenvalue weighted by Gasteiger charge is 2.12. The molecular weight excluding hydrogens is 227 g/mol. The molecule has 1 rings (SSSR count). The number of rotatable bonds is 3. The van der Waals surface area contributed by atoms with E-state index in [1.54, 1.807) is 12.1 Å². The van der Waals surface area contributed by atoms with Crippen molar-refractivity contribution in [1.82, 2.24) is 0 Å². The van der Waals surface area contributed by atoms with Crippen LogP contribution < -0.4 is 0 Å². The minimum Gasteiger partial charge on any atom is -0.294 e. The predicted octanol–water partition coefficient (Wildman–Crippen LogP) is 4.35. The minimum atomic E-state index is -0.536. The van der Waals surface area contributed by atoms with Crippen LogP contribution in [0.1, 0.15) is 36.7 Å². The van der Waals surface area contributed by atoms with Crippen molar-refractivity contribution in [3.8, 4) is 0 Å². The van der Waals surface area contributed by atoms with Gasteiger partial charge in [-0.3, -0.25) is 4.79 Å². The van der Waals surface area contributed by atoms with Crippen molar-refractivity contribution in [1.29, 1.82) is 0 Å². The van der Waals surface area contributed by atoms with Gasteiger partial charge in [-0.1, -0.05) is 37.6 Å². The molecular formula is C13H14ClFO. The average molecular weight is 241 g/mol. The molecule has 0 N–H and O–H groups in total. The number of ketones is 1. The van der Waals surface area contributed by atoms with E-state index in [1.807, 2.05) is 19.9 Å². The molecule has 0 aliphatic carbocycles. The van der Waals surface area contributed by atoms with E-state index in [9.17, 15) is 9.18 Å². The lowest BCUT2D eigenvalue weighted by Gasteiger charge is -2.06. The van der Waals surface area contributed by atoms with E-state index in [0.29, 0.717) is 5.56 Å². The molecule has 86 valence electrons. The Morgan fingerprint density at radius 1 is 1.44 bits per heavy atom. The second kappa shape index (κ2) is 5.26. The lowest BCUT2D eigenvalue weighted by Crippen LogP contribution is -1.99. The first-order valence-corrected chi connectivity index (χ1v) is 5.48. The molecule has 0 aliphatic rings. The molecule has 0 saturated carbocycles. The van der Waals surface area contributed by atoms with Crippen molar-refractivity contribution in [2.75, 3.05) is 0 Å². The molecule has 0 heterocycles. The third-order valence-corrected chi connectivity index (χ3v) is 2.45. The lowest BCUT2D eigenvalue weighted by molar-refractivity contribution is 0.101. The fourth-order valence-corrected chi connectivity index (χ4v) is 1.49. The molecule has 1 aromatic rings. The Hall–Kier alpha value is -1.15. The zero-order valence-electron chi connectivity index (χ0n) is 9.55. The first kappa shape index (κ1) is 12.9. The Labute approximate surface area is 99.9 Å². The summed E-state index contributed by atoms with van der Waals surface area (Å²) in [5.74, 6) is -0.413. The van der Waals surface area contributed by atoms with Crippen LogP contribution in [0.15, 0.2) is 18.2 Å². The summed E-state index contributed by atoms with van der Waals surface area (Å²) < 4.78 is 13.7. The molecule has 0 saturated heterocycles. The maximum atomic E-state index is 13.7. The summed E-state index contributed by atoms with van der Waals surface area (Å²) >= 11 is 5.69. The first-order chi connectivity index (χ1) is 7.43. The summed E-state index contributed by atoms with van der Waals surface area (Å²) in [6.07, 6.45) is 3.45. The molecule has 1 aromatic carbocycles. The van der Waals surface area contributed by atoms with Gasteiger partial charge in [0, 0.05) is 11.1 Å². The molecule has 0 atom stereocenters. The van der Waals surface area contributed by atoms with Crippen LogP contribution in [0.4, 0.5) is 4.39 Å². The van der Waals surface area contributed by atoms with Gasteiger partial charge >= 0.3 is 0 Å². The average Bonchev–Trinajstić information content (AvgIpc) is 2.19. The zero-order chi connectivity index (χ0) is 12.3. The highest BCUT2D eigenvalue weighted by Crippen LogP contribution is 2.24. The number of Topliss-reactive ketones (excluding diaryl/α,β-unsaturated/α-hetero) is 1. The third-order valence-electron chi connectivity index (χ3n) is 2.16. The molecule has 3 heteroatoms. The van der Waals surface area contributed by atoms with Gasteiger partial charge in [-0.2, -0.15) is 0 Å². The van der Waals surface area contributed by atoms with Gasteiger partial charge < -0.3 is 0 Å². The molecule has 0 radical (unpaired) electrons. The van der Waals surface area contributed by atoms with E-state index in [2.05, 4.69) is 0 Å². The molecule has 1 nitrogen and oxygen atoms in total. The fraction of sp³-hybridized carbons (Fsp3) is 0.308. The SMILES string of the molecule is CC(=O)c1ccc(Cl)c(F)c1/C=C/C(C)C. The van der Waals surface area contributed by atoms with Gasteiger partial charge in [0.15, 0.2) is 5.78 Å². The molecule has 0 fully saturated rings. The van der Waals surface area contributed by atoms with E-state index in [-0.39, 0.29) is 22.3 Å².